The molecule has 3 aliphatic rings. The zero-order chi connectivity index (χ0) is 23.8. The zero-order valence-corrected chi connectivity index (χ0v) is 19.7. The lowest BCUT2D eigenvalue weighted by Gasteiger charge is -2.30. The van der Waals surface area contributed by atoms with Gasteiger partial charge in [-0.25, -0.2) is 4.79 Å². The van der Waals surface area contributed by atoms with Crippen LogP contribution in [0.1, 0.15) is 44.6 Å². The van der Waals surface area contributed by atoms with Gasteiger partial charge >= 0.3 is 6.09 Å². The molecule has 1 saturated heterocycles. The van der Waals surface area contributed by atoms with E-state index in [2.05, 4.69) is 16.0 Å². The number of nitrogen functional groups attached to an aromatic ring is 1. The molecule has 0 radical (unpaired) electrons. The Morgan fingerprint density at radius 3 is 2.37 bits per heavy atom. The van der Waals surface area contributed by atoms with Gasteiger partial charge in [-0.3, -0.25) is 5.32 Å². The minimum atomic E-state index is -0.396. The minimum Gasteiger partial charge on any atom is -0.486 e. The van der Waals surface area contributed by atoms with Crippen molar-refractivity contribution in [2.75, 3.05) is 31.1 Å². The largest absolute Gasteiger partial charge is 0.486 e. The molecule has 35 heavy (non-hydrogen) atoms. The molecule has 8 nitrogen and oxygen atoms in total. The fourth-order valence-corrected chi connectivity index (χ4v) is 4.93. The lowest BCUT2D eigenvalue weighted by atomic mass is 9.92. The Kier molecular flexibility index (Phi) is 6.00. The minimum absolute atomic E-state index is 0.0549. The van der Waals surface area contributed by atoms with Gasteiger partial charge in [0.05, 0.1) is 30.1 Å². The van der Waals surface area contributed by atoms with E-state index in [0.717, 1.165) is 65.7 Å². The monoisotopic (exact) mass is 477 g/mol. The predicted molar refractivity (Wildman–Crippen MR) is 134 cm³/mol. The highest BCUT2D eigenvalue weighted by Gasteiger charge is 2.28. The molecule has 2 aromatic carbocycles. The summed E-state index contributed by atoms with van der Waals surface area (Å²) < 4.78 is 24.6. The van der Waals surface area contributed by atoms with Crippen LogP contribution >= 0.6 is 0 Å². The van der Waals surface area contributed by atoms with Gasteiger partial charge in [-0.15, -0.1) is 0 Å². The SMILES string of the molecule is Nc1c(-c2ccc(NC(=O)OC3CCC3)cc2)n(C2CCC2)c2cc(OC3COCOC3)ccc12. The van der Waals surface area contributed by atoms with E-state index in [0.29, 0.717) is 31.7 Å². The van der Waals surface area contributed by atoms with E-state index >= 15 is 0 Å². The van der Waals surface area contributed by atoms with Crippen molar-refractivity contribution in [3.05, 3.63) is 42.5 Å². The number of nitrogens with one attached hydrogen (secondary N) is 1. The van der Waals surface area contributed by atoms with Crippen LogP contribution in [0.25, 0.3) is 22.2 Å². The topological polar surface area (TPSA) is 97.0 Å². The fourth-order valence-electron chi connectivity index (χ4n) is 4.93. The molecular formula is C27H31N3O5. The van der Waals surface area contributed by atoms with Crippen molar-refractivity contribution < 1.29 is 23.7 Å². The normalized spacial score (nSPS) is 19.2. The average Bonchev–Trinajstić information content (AvgIpc) is 3.08. The standard InChI is InChI=1S/C27H31N3O5/c28-25-23-12-11-21(34-22-14-32-16-33-15-22)13-24(23)30(19-3-1-4-19)26(25)17-7-9-18(10-8-17)29-27(31)35-20-5-2-6-20/h7-13,19-20,22H,1-6,14-16,28H2,(H,29,31). The maximum Gasteiger partial charge on any atom is 0.411 e. The molecule has 0 spiro atoms. The number of amides is 1. The number of nitrogens with two attached hydrogens (primary N) is 1. The summed E-state index contributed by atoms with van der Waals surface area (Å²) in [6.45, 7) is 1.35. The first-order chi connectivity index (χ1) is 17.2. The van der Waals surface area contributed by atoms with Gasteiger partial charge in [0.15, 0.2) is 0 Å². The molecule has 3 aromatic rings. The molecule has 3 N–H and O–H groups in total. The Labute approximate surface area is 204 Å². The Hall–Kier alpha value is -3.23. The van der Waals surface area contributed by atoms with Crippen LogP contribution in [0.4, 0.5) is 16.2 Å². The molecule has 0 atom stereocenters. The van der Waals surface area contributed by atoms with Crippen LogP contribution in [0.5, 0.6) is 5.75 Å². The third kappa shape index (κ3) is 4.44. The van der Waals surface area contributed by atoms with Gasteiger partial charge in [0.25, 0.3) is 0 Å². The molecule has 2 aliphatic carbocycles. The Balaban J connectivity index is 1.29. The Bertz CT molecular complexity index is 1210. The van der Waals surface area contributed by atoms with E-state index in [9.17, 15) is 4.79 Å². The highest BCUT2D eigenvalue weighted by atomic mass is 16.7. The van der Waals surface area contributed by atoms with Crippen molar-refractivity contribution in [3.8, 4) is 17.0 Å². The first-order valence-corrected chi connectivity index (χ1v) is 12.5. The number of fused-ring (bicyclic) bond motifs is 1. The van der Waals surface area contributed by atoms with Crippen molar-refractivity contribution in [1.82, 2.24) is 4.57 Å². The van der Waals surface area contributed by atoms with Crippen molar-refractivity contribution in [2.45, 2.75) is 56.8 Å². The second-order valence-corrected chi connectivity index (χ2v) is 9.66. The summed E-state index contributed by atoms with van der Waals surface area (Å²) in [7, 11) is 0. The van der Waals surface area contributed by atoms with Crippen LogP contribution < -0.4 is 15.8 Å². The number of nitrogens with zero attached hydrogens (tertiary/aromatic N) is 1. The van der Waals surface area contributed by atoms with Gasteiger partial charge in [-0.1, -0.05) is 12.1 Å². The molecule has 184 valence electrons. The summed E-state index contributed by atoms with van der Waals surface area (Å²) in [5.74, 6) is 0.783. The smallest absolute Gasteiger partial charge is 0.411 e. The number of rotatable bonds is 6. The highest BCUT2D eigenvalue weighted by Crippen LogP contribution is 2.45. The third-order valence-electron chi connectivity index (χ3n) is 7.26. The second-order valence-electron chi connectivity index (χ2n) is 9.66. The third-order valence-corrected chi connectivity index (χ3v) is 7.26. The number of carbonyl (C=O) groups excluding carboxylic acids is 1. The molecular weight excluding hydrogens is 446 g/mol. The molecule has 0 bridgehead atoms. The number of hydrogen-bond acceptors (Lipinski definition) is 6. The van der Waals surface area contributed by atoms with Gasteiger partial charge in [-0.2, -0.15) is 0 Å². The molecule has 1 aliphatic heterocycles. The van der Waals surface area contributed by atoms with Crippen LogP contribution in [0.2, 0.25) is 0 Å². The Morgan fingerprint density at radius 1 is 0.971 bits per heavy atom. The van der Waals surface area contributed by atoms with Crippen LogP contribution in [-0.2, 0) is 14.2 Å². The lowest BCUT2D eigenvalue weighted by molar-refractivity contribution is -0.143. The summed E-state index contributed by atoms with van der Waals surface area (Å²) in [6, 6.07) is 14.3. The van der Waals surface area contributed by atoms with Crippen molar-refractivity contribution in [2.24, 2.45) is 0 Å². The molecule has 2 saturated carbocycles. The predicted octanol–water partition coefficient (Wildman–Crippen LogP) is 5.47. The summed E-state index contributed by atoms with van der Waals surface area (Å²) in [5.41, 5.74) is 11.3. The van der Waals surface area contributed by atoms with E-state index in [1.807, 2.05) is 36.4 Å². The van der Waals surface area contributed by atoms with Crippen molar-refractivity contribution in [3.63, 3.8) is 0 Å². The number of anilines is 2. The fraction of sp³-hybridized carbons (Fsp3) is 0.444. The van der Waals surface area contributed by atoms with Gasteiger partial charge in [-0.05, 0) is 62.8 Å². The van der Waals surface area contributed by atoms with E-state index in [4.69, 9.17) is 24.7 Å². The molecule has 1 aromatic heterocycles. The highest BCUT2D eigenvalue weighted by molar-refractivity contribution is 6.01. The van der Waals surface area contributed by atoms with Gasteiger partial charge in [0.1, 0.15) is 24.8 Å². The maximum absolute atomic E-state index is 12.1. The van der Waals surface area contributed by atoms with Crippen LogP contribution in [-0.4, -0.2) is 42.9 Å². The van der Waals surface area contributed by atoms with Gasteiger partial charge < -0.3 is 29.2 Å². The molecule has 6 rings (SSSR count). The molecule has 3 fully saturated rings. The van der Waals surface area contributed by atoms with Crippen LogP contribution in [0.15, 0.2) is 42.5 Å². The quantitative estimate of drug-likeness (QED) is 0.489. The lowest BCUT2D eigenvalue weighted by Crippen LogP contribution is -2.33. The number of ether oxygens (including phenoxy) is 4. The summed E-state index contributed by atoms with van der Waals surface area (Å²) in [6.07, 6.45) is 6.02. The molecule has 0 unspecified atom stereocenters. The van der Waals surface area contributed by atoms with E-state index in [1.165, 1.54) is 6.42 Å². The van der Waals surface area contributed by atoms with Crippen molar-refractivity contribution >= 4 is 28.4 Å². The maximum atomic E-state index is 12.1. The second kappa shape index (κ2) is 9.43. The van der Waals surface area contributed by atoms with Gasteiger partial charge in [0, 0.05) is 28.7 Å². The van der Waals surface area contributed by atoms with Gasteiger partial charge in [0.2, 0.25) is 0 Å². The van der Waals surface area contributed by atoms with E-state index in [1.54, 1.807) is 0 Å². The van der Waals surface area contributed by atoms with Crippen molar-refractivity contribution in [1.29, 1.82) is 0 Å². The number of hydrogen-bond donors (Lipinski definition) is 2. The number of carbonyl (C=O) groups is 1. The number of benzene rings is 2. The first kappa shape index (κ1) is 22.2. The van der Waals surface area contributed by atoms with Crippen LogP contribution in [0, 0.1) is 0 Å². The average molecular weight is 478 g/mol. The number of aromatic nitrogens is 1. The summed E-state index contributed by atoms with van der Waals surface area (Å²) in [4.78, 5) is 12.1. The van der Waals surface area contributed by atoms with E-state index < -0.39 is 6.09 Å². The van der Waals surface area contributed by atoms with E-state index in [-0.39, 0.29) is 12.2 Å². The Morgan fingerprint density at radius 2 is 1.71 bits per heavy atom. The molecule has 2 heterocycles. The summed E-state index contributed by atoms with van der Waals surface area (Å²) >= 11 is 0. The molecule has 1 amide bonds. The zero-order valence-electron chi connectivity index (χ0n) is 19.7. The van der Waals surface area contributed by atoms with Crippen LogP contribution in [0.3, 0.4) is 0 Å². The first-order valence-electron chi connectivity index (χ1n) is 12.5. The summed E-state index contributed by atoms with van der Waals surface area (Å²) in [5, 5.41) is 3.85. The molecule has 8 heteroatoms.